The van der Waals surface area contributed by atoms with Crippen LogP contribution in [0.1, 0.15) is 155 Å². The van der Waals surface area contributed by atoms with Crippen LogP contribution >= 0.6 is 0 Å². The number of fused-ring (bicyclic) bond motifs is 2. The lowest BCUT2D eigenvalue weighted by Crippen LogP contribution is -2.64. The molecule has 6 aromatic rings. The van der Waals surface area contributed by atoms with Crippen molar-refractivity contribution in [2.24, 2.45) is 34.1 Å². The molecule has 0 radical (unpaired) electrons. The third-order valence-electron chi connectivity index (χ3n) is 22.3. The molecule has 12 amide bonds. The highest BCUT2D eigenvalue weighted by atomic mass is 32.2. The van der Waals surface area contributed by atoms with Gasteiger partial charge < -0.3 is 47.9 Å². The number of piperidine rings is 4. The van der Waals surface area contributed by atoms with Gasteiger partial charge in [-0.1, -0.05) is 12.1 Å². The number of nitrogens with one attached hydrogen (secondary N) is 7. The van der Waals surface area contributed by atoms with Gasteiger partial charge >= 0.3 is 0 Å². The Bertz CT molecular complexity index is 5210. The van der Waals surface area contributed by atoms with E-state index < -0.39 is 90.8 Å². The SMILES string of the molecule is CS(=O)(=O)c1ccc(Nc2nc(N3CCCC(NC(=O)C4CC5(C4)CN(Cc4ccc6c(c4)C(=O)N(C4CCC(=O)NC4=O)C6=O)C5)C3)cnc2C(N)=O)cc1.CS(=O)(=O)c1ccc(Nc2nc(N3CCCC(NC(=O)C4CC5(CNC5)C4)C3)cnc2C(N)=O)cc1.O=Cc1ccc2c(c1)C(=O)N(C1CCC(=O)NC1=O)C2=O. The molecule has 2 saturated carbocycles. The molecule has 4 atom stereocenters. The van der Waals surface area contributed by atoms with Gasteiger partial charge in [-0.25, -0.2) is 36.8 Å². The molecule has 6 saturated heterocycles. The summed E-state index contributed by atoms with van der Waals surface area (Å²) < 4.78 is 47.2. The van der Waals surface area contributed by atoms with Gasteiger partial charge in [0.1, 0.15) is 30.0 Å². The fourth-order valence-electron chi connectivity index (χ4n) is 16.5. The lowest BCUT2D eigenvalue weighted by molar-refractivity contribution is -0.146. The highest BCUT2D eigenvalue weighted by Gasteiger charge is 2.55. The fourth-order valence-corrected chi connectivity index (χ4v) is 17.8. The van der Waals surface area contributed by atoms with Crippen LogP contribution in [-0.2, 0) is 55.0 Å². The summed E-state index contributed by atoms with van der Waals surface area (Å²) in [4.78, 5) is 185. The average molecular weight is 1580 g/mol. The van der Waals surface area contributed by atoms with Crippen LogP contribution in [0, 0.1) is 22.7 Å². The average Bonchev–Trinajstić information content (AvgIpc) is 1.74. The molecule has 8 fully saturated rings. The van der Waals surface area contributed by atoms with Crippen molar-refractivity contribution in [3.05, 3.63) is 142 Å². The van der Waals surface area contributed by atoms with Crippen molar-refractivity contribution < 1.29 is 79.2 Å². The quantitative estimate of drug-likeness (QED) is 0.0412. The molecule has 10 aliphatic rings. The number of likely N-dealkylation sites (tertiary alicyclic amines) is 1. The number of carbonyl (C=O) groups excluding carboxylic acids is 13. The van der Waals surface area contributed by atoms with Crippen molar-refractivity contribution in [2.75, 3.05) is 85.3 Å². The lowest BCUT2D eigenvalue weighted by atomic mass is 9.57. The third-order valence-corrected chi connectivity index (χ3v) is 24.6. The first-order valence-electron chi connectivity index (χ1n) is 37.0. The van der Waals surface area contributed by atoms with Crippen molar-refractivity contribution in [3.8, 4) is 0 Å². The van der Waals surface area contributed by atoms with Gasteiger partial charge in [-0.3, -0.25) is 87.7 Å². The van der Waals surface area contributed by atoms with E-state index in [1.54, 1.807) is 36.4 Å². The van der Waals surface area contributed by atoms with Crippen LogP contribution < -0.4 is 58.5 Å². The Balaban J connectivity index is 0.000000157. The van der Waals surface area contributed by atoms with E-state index in [1.165, 1.54) is 54.9 Å². The van der Waals surface area contributed by atoms with Gasteiger partial charge in [-0.2, -0.15) is 0 Å². The van der Waals surface area contributed by atoms with Crippen LogP contribution in [0.5, 0.6) is 0 Å². The van der Waals surface area contributed by atoms with Crippen LogP contribution in [0.2, 0.25) is 0 Å². The molecule has 2 spiro atoms. The number of sulfone groups is 2. The third kappa shape index (κ3) is 16.5. The number of aldehydes is 1. The van der Waals surface area contributed by atoms with Crippen molar-refractivity contribution >= 4 is 131 Å². The summed E-state index contributed by atoms with van der Waals surface area (Å²) in [6, 6.07) is 19.4. The molecule has 4 aromatic carbocycles. The number of primary amides is 2. The maximum absolute atomic E-state index is 13.4. The number of rotatable bonds is 19. The molecule has 0 bridgehead atoms. The summed E-state index contributed by atoms with van der Waals surface area (Å²) in [5, 5.41) is 20.1. The maximum atomic E-state index is 13.4. The Morgan fingerprint density at radius 3 is 1.38 bits per heavy atom. The number of imide groups is 4. The molecule has 2 aliphatic carbocycles. The van der Waals surface area contributed by atoms with Crippen molar-refractivity contribution in [1.82, 2.24) is 61.2 Å². The predicted molar refractivity (Wildman–Crippen MR) is 404 cm³/mol. The first kappa shape index (κ1) is 77.9. The number of amides is 12. The summed E-state index contributed by atoms with van der Waals surface area (Å²) >= 11 is 0. The smallest absolute Gasteiger partial charge is 0.271 e. The number of hydrogen-bond acceptors (Lipinski definition) is 27. The largest absolute Gasteiger partial charge is 0.364 e. The Morgan fingerprint density at radius 2 is 0.973 bits per heavy atom. The number of hydrogen-bond donors (Lipinski definition) is 9. The van der Waals surface area contributed by atoms with E-state index in [9.17, 15) is 79.2 Å². The van der Waals surface area contributed by atoms with Crippen LogP contribution in [-0.4, -0.2) is 218 Å². The number of nitrogens with two attached hydrogens (primary N) is 2. The maximum Gasteiger partial charge on any atom is 0.271 e. The molecule has 11 N–H and O–H groups in total. The van der Waals surface area contributed by atoms with Crippen LogP contribution in [0.4, 0.5) is 34.6 Å². The number of aromatic nitrogens is 4. The first-order chi connectivity index (χ1) is 53.8. The number of benzene rings is 4. The highest BCUT2D eigenvalue weighted by molar-refractivity contribution is 7.91. The lowest BCUT2D eigenvalue weighted by Gasteiger charge is -2.59. The summed E-state index contributed by atoms with van der Waals surface area (Å²) in [6.45, 7) is 6.78. The topological polar surface area (TPSA) is 494 Å². The summed E-state index contributed by atoms with van der Waals surface area (Å²) in [5.74, 6) is -4.31. The van der Waals surface area contributed by atoms with Gasteiger partial charge in [-0.05, 0) is 153 Å². The molecule has 113 heavy (non-hydrogen) atoms. The Labute approximate surface area is 647 Å². The monoisotopic (exact) mass is 1580 g/mol. The Morgan fingerprint density at radius 1 is 0.549 bits per heavy atom. The van der Waals surface area contributed by atoms with E-state index in [4.69, 9.17) is 11.5 Å². The van der Waals surface area contributed by atoms with Gasteiger partial charge in [0.25, 0.3) is 35.4 Å². The molecule has 16 rings (SSSR count). The molecule has 2 aromatic heterocycles. The Hall–Kier alpha value is -11.8. The zero-order chi connectivity index (χ0) is 80.2. The van der Waals surface area contributed by atoms with Crippen molar-refractivity contribution in [1.29, 1.82) is 0 Å². The standard InChI is InChI=1S/C38H41N9O8S.C24H31N7O4S.C14H10N2O5/c1-56(54,55)25-7-5-23(6-8-25)41-33-31(32(39)49)40-16-29(43-33)46-12-2-3-24(18-46)42-34(50)22-14-38(15-22)19-45(20-38)17-21-4-9-26-27(13-21)37(53)47(36(26)52)28-10-11-30(48)44-35(28)51;1-36(34,35)18-6-4-16(5-7-18)28-22-20(21(25)32)27-11-19(30-22)31-8-2-3-17(12-31)29-23(33)15-9-24(10-15)13-26-14-24;17-6-7-1-2-8-9(5-7)14(21)16(13(8)20)10-3-4-11(18)15-12(10)19/h4-9,13,16,22,24,28H,2-3,10-12,14-15,17-20H2,1H3,(H2,39,49)(H,41,43)(H,42,50)(H,44,48,51);4-7,11,15,17,26H,2-3,8-10,12-14H2,1H3,(H2,25,32)(H,28,30)(H,29,33);1-2,5-6,10H,3-4H2,(H,15,18,19). The van der Waals surface area contributed by atoms with E-state index in [-0.39, 0.29) is 127 Å². The summed E-state index contributed by atoms with van der Waals surface area (Å²) in [5.41, 5.74) is 14.4. The highest BCUT2D eigenvalue weighted by Crippen LogP contribution is 2.53. The van der Waals surface area contributed by atoms with Gasteiger partial charge in [0.15, 0.2) is 42.7 Å². The van der Waals surface area contributed by atoms with E-state index in [0.717, 1.165) is 112 Å². The van der Waals surface area contributed by atoms with Gasteiger partial charge in [-0.15, -0.1) is 0 Å². The molecular formula is C76H82N18O17S2. The molecule has 35 nitrogen and oxygen atoms in total. The minimum absolute atomic E-state index is 0.0138. The van der Waals surface area contributed by atoms with Gasteiger partial charge in [0, 0.05) is 125 Å². The first-order valence-corrected chi connectivity index (χ1v) is 40.8. The predicted octanol–water partition coefficient (Wildman–Crippen LogP) is 1.83. The molecular weight excluding hydrogens is 1500 g/mol. The van der Waals surface area contributed by atoms with Crippen LogP contribution in [0.3, 0.4) is 0 Å². The minimum atomic E-state index is -3.38. The zero-order valence-electron chi connectivity index (χ0n) is 61.6. The van der Waals surface area contributed by atoms with E-state index in [0.29, 0.717) is 60.9 Å². The zero-order valence-corrected chi connectivity index (χ0v) is 63.2. The number of anilines is 6. The minimum Gasteiger partial charge on any atom is -0.364 e. The van der Waals surface area contributed by atoms with Crippen molar-refractivity contribution in [2.45, 2.75) is 118 Å². The van der Waals surface area contributed by atoms with Crippen molar-refractivity contribution in [3.63, 3.8) is 0 Å². The van der Waals surface area contributed by atoms with E-state index in [2.05, 4.69) is 62.1 Å². The normalized spacial score (nSPS) is 22.3. The van der Waals surface area contributed by atoms with E-state index in [1.807, 2.05) is 15.9 Å². The molecule has 10 heterocycles. The Kier molecular flexibility index (Phi) is 21.4. The number of nitrogens with zero attached hydrogens (tertiary/aromatic N) is 9. The second-order valence-electron chi connectivity index (χ2n) is 30.7. The fraction of sp³-hybridized carbons (Fsp3) is 0.408. The summed E-state index contributed by atoms with van der Waals surface area (Å²) in [6.07, 6.45) is 13.1. The van der Waals surface area contributed by atoms with E-state index >= 15 is 0 Å². The number of carbonyl (C=O) groups is 13. The van der Waals surface area contributed by atoms with Crippen LogP contribution in [0.25, 0.3) is 0 Å². The second kappa shape index (κ2) is 31.0. The van der Waals surface area contributed by atoms with Gasteiger partial charge in [0.05, 0.1) is 44.4 Å². The molecule has 8 aliphatic heterocycles. The second-order valence-corrected chi connectivity index (χ2v) is 34.7. The summed E-state index contributed by atoms with van der Waals surface area (Å²) in [7, 11) is -6.71. The molecule has 4 unspecified atom stereocenters. The molecule has 590 valence electrons. The van der Waals surface area contributed by atoms with Gasteiger partial charge in [0.2, 0.25) is 35.4 Å². The molecule has 37 heteroatoms. The van der Waals surface area contributed by atoms with Crippen LogP contribution in [0.15, 0.2) is 107 Å².